The summed E-state index contributed by atoms with van der Waals surface area (Å²) >= 11 is 6.47. The van der Waals surface area contributed by atoms with E-state index in [1.165, 1.54) is 6.26 Å². The minimum absolute atomic E-state index is 0.0544. The Morgan fingerprint density at radius 1 is 1.44 bits per heavy atom. The summed E-state index contributed by atoms with van der Waals surface area (Å²) < 4.78 is 11.3. The number of carbonyl (C=O) groups excluding carboxylic acids is 2. The van der Waals surface area contributed by atoms with E-state index in [-0.39, 0.29) is 23.6 Å². The highest BCUT2D eigenvalue weighted by Crippen LogP contribution is 2.62. The largest absolute Gasteiger partial charge is 0.460 e. The standard InChI is InChI=1S/C19H25ClO5/c1-9(2)17(22)25-16-13-10(3)8-24-14(13)15(21)19(23)12(20)7-6-11(4)18(16,19)5/h8-9,11-12,16,23H,6-7H2,1-5H3. The van der Waals surface area contributed by atoms with Crippen LogP contribution < -0.4 is 0 Å². The van der Waals surface area contributed by atoms with E-state index < -0.39 is 28.3 Å². The lowest BCUT2D eigenvalue weighted by atomic mass is 9.51. The first-order chi connectivity index (χ1) is 11.6. The maximum atomic E-state index is 13.1. The summed E-state index contributed by atoms with van der Waals surface area (Å²) in [6, 6.07) is 0. The molecule has 5 nitrogen and oxygen atoms in total. The van der Waals surface area contributed by atoms with Crippen molar-refractivity contribution in [2.45, 2.75) is 64.5 Å². The number of halogens is 1. The monoisotopic (exact) mass is 368 g/mol. The van der Waals surface area contributed by atoms with E-state index in [9.17, 15) is 14.7 Å². The maximum Gasteiger partial charge on any atom is 0.309 e. The summed E-state index contributed by atoms with van der Waals surface area (Å²) in [7, 11) is 0. The van der Waals surface area contributed by atoms with Crippen molar-refractivity contribution in [1.29, 1.82) is 0 Å². The first kappa shape index (κ1) is 18.5. The predicted octanol–water partition coefficient (Wildman–Crippen LogP) is 3.80. The maximum absolute atomic E-state index is 13.1. The Balaban J connectivity index is 2.25. The molecule has 5 unspecified atom stereocenters. The highest BCUT2D eigenvalue weighted by molar-refractivity contribution is 6.25. The zero-order chi connectivity index (χ0) is 18.7. The zero-order valence-corrected chi connectivity index (χ0v) is 16.0. The summed E-state index contributed by atoms with van der Waals surface area (Å²) in [6.45, 7) is 9.09. The Labute approximate surface area is 152 Å². The minimum atomic E-state index is -1.84. The van der Waals surface area contributed by atoms with Crippen LogP contribution in [0.3, 0.4) is 0 Å². The van der Waals surface area contributed by atoms with Gasteiger partial charge in [0, 0.05) is 11.0 Å². The topological polar surface area (TPSA) is 76.7 Å². The van der Waals surface area contributed by atoms with E-state index in [4.69, 9.17) is 20.8 Å². The number of rotatable bonds is 2. The van der Waals surface area contributed by atoms with Gasteiger partial charge in [0.2, 0.25) is 5.78 Å². The average molecular weight is 369 g/mol. The molecule has 2 aliphatic carbocycles. The van der Waals surface area contributed by atoms with Gasteiger partial charge in [0.15, 0.2) is 11.4 Å². The van der Waals surface area contributed by atoms with Crippen molar-refractivity contribution in [1.82, 2.24) is 0 Å². The number of furan rings is 1. The van der Waals surface area contributed by atoms with E-state index in [0.717, 1.165) is 12.0 Å². The molecule has 3 rings (SSSR count). The SMILES string of the molecule is Cc1coc2c1C(OC(=O)C(C)C)C1(C)C(C)CCC(Cl)C1(O)C2=O. The van der Waals surface area contributed by atoms with E-state index in [0.29, 0.717) is 12.0 Å². The van der Waals surface area contributed by atoms with Crippen LogP contribution in [0.2, 0.25) is 0 Å². The normalized spacial score (nSPS) is 37.6. The van der Waals surface area contributed by atoms with Crippen LogP contribution in [0.25, 0.3) is 0 Å². The predicted molar refractivity (Wildman–Crippen MR) is 92.5 cm³/mol. The molecule has 1 saturated carbocycles. The molecule has 5 atom stereocenters. The quantitative estimate of drug-likeness (QED) is 0.634. The molecule has 6 heteroatoms. The number of alkyl halides is 1. The number of esters is 1. The highest BCUT2D eigenvalue weighted by atomic mass is 35.5. The van der Waals surface area contributed by atoms with Crippen LogP contribution >= 0.6 is 11.6 Å². The van der Waals surface area contributed by atoms with Gasteiger partial charge in [0.1, 0.15) is 6.10 Å². The van der Waals surface area contributed by atoms with Gasteiger partial charge in [-0.1, -0.05) is 27.7 Å². The Bertz CT molecular complexity index is 723. The van der Waals surface area contributed by atoms with Gasteiger partial charge in [-0.2, -0.15) is 0 Å². The first-order valence-electron chi connectivity index (χ1n) is 8.76. The van der Waals surface area contributed by atoms with E-state index >= 15 is 0 Å². The molecular formula is C19H25ClO5. The van der Waals surface area contributed by atoms with E-state index in [1.807, 2.05) is 13.8 Å². The Morgan fingerprint density at radius 3 is 2.68 bits per heavy atom. The van der Waals surface area contributed by atoms with Crippen molar-refractivity contribution >= 4 is 23.4 Å². The number of hydrogen-bond acceptors (Lipinski definition) is 5. The lowest BCUT2D eigenvalue weighted by Gasteiger charge is -2.57. The van der Waals surface area contributed by atoms with Gasteiger partial charge in [0.05, 0.1) is 17.6 Å². The van der Waals surface area contributed by atoms with Crippen LogP contribution in [0.4, 0.5) is 0 Å². The smallest absolute Gasteiger partial charge is 0.309 e. The van der Waals surface area contributed by atoms with Crippen molar-refractivity contribution in [3.8, 4) is 0 Å². The fraction of sp³-hybridized carbons (Fsp3) is 0.684. The molecule has 2 aliphatic rings. The average Bonchev–Trinajstić information content (AvgIpc) is 2.93. The molecular weight excluding hydrogens is 344 g/mol. The van der Waals surface area contributed by atoms with Crippen LogP contribution in [0, 0.1) is 24.2 Å². The van der Waals surface area contributed by atoms with Gasteiger partial charge < -0.3 is 14.3 Å². The van der Waals surface area contributed by atoms with Gasteiger partial charge >= 0.3 is 5.97 Å². The summed E-state index contributed by atoms with van der Waals surface area (Å²) in [5, 5.41) is 10.7. The molecule has 1 N–H and O–H groups in total. The molecule has 0 bridgehead atoms. The Morgan fingerprint density at radius 2 is 2.08 bits per heavy atom. The van der Waals surface area contributed by atoms with E-state index in [1.54, 1.807) is 20.8 Å². The number of ether oxygens (including phenoxy) is 1. The Hall–Kier alpha value is -1.33. The third-order valence-electron chi connectivity index (χ3n) is 6.24. The molecule has 0 spiro atoms. The van der Waals surface area contributed by atoms with Crippen LogP contribution in [-0.2, 0) is 9.53 Å². The van der Waals surface area contributed by atoms with Crippen LogP contribution in [0.1, 0.15) is 68.3 Å². The minimum Gasteiger partial charge on any atom is -0.460 e. The number of hydrogen-bond donors (Lipinski definition) is 1. The van der Waals surface area contributed by atoms with Gasteiger partial charge in [-0.25, -0.2) is 0 Å². The van der Waals surface area contributed by atoms with Crippen molar-refractivity contribution in [3.63, 3.8) is 0 Å². The molecule has 0 radical (unpaired) electrons. The van der Waals surface area contributed by atoms with Crippen LogP contribution in [0.5, 0.6) is 0 Å². The van der Waals surface area contributed by atoms with Crippen molar-refractivity contribution in [2.75, 3.05) is 0 Å². The molecule has 0 amide bonds. The second kappa shape index (κ2) is 5.85. The number of aryl methyl sites for hydroxylation is 1. The second-order valence-electron chi connectivity index (χ2n) is 7.96. The van der Waals surface area contributed by atoms with Gasteiger partial charge in [-0.15, -0.1) is 11.6 Å². The fourth-order valence-electron chi connectivity index (χ4n) is 4.32. The lowest BCUT2D eigenvalue weighted by molar-refractivity contribution is -0.194. The highest BCUT2D eigenvalue weighted by Gasteiger charge is 2.70. The number of fused-ring (bicyclic) bond motifs is 2. The van der Waals surface area contributed by atoms with Gasteiger partial charge in [-0.05, 0) is 31.2 Å². The molecule has 1 aromatic heterocycles. The molecule has 0 saturated heterocycles. The molecule has 138 valence electrons. The molecule has 25 heavy (non-hydrogen) atoms. The molecule has 1 fully saturated rings. The van der Waals surface area contributed by atoms with Gasteiger partial charge in [-0.3, -0.25) is 9.59 Å². The first-order valence-corrected chi connectivity index (χ1v) is 9.20. The summed E-state index contributed by atoms with van der Waals surface area (Å²) in [6.07, 6.45) is 1.94. The summed E-state index contributed by atoms with van der Waals surface area (Å²) in [4.78, 5) is 25.5. The van der Waals surface area contributed by atoms with Crippen molar-refractivity contribution in [3.05, 3.63) is 23.2 Å². The summed E-state index contributed by atoms with van der Waals surface area (Å²) in [5.41, 5.74) is -1.58. The van der Waals surface area contributed by atoms with Crippen molar-refractivity contribution in [2.24, 2.45) is 17.3 Å². The van der Waals surface area contributed by atoms with Crippen LogP contribution in [0.15, 0.2) is 10.7 Å². The van der Waals surface area contributed by atoms with Crippen LogP contribution in [-0.4, -0.2) is 27.8 Å². The number of Topliss-reactive ketones (excluding diaryl/α,β-unsaturated/α-hetero) is 1. The summed E-state index contributed by atoms with van der Waals surface area (Å²) in [5.74, 6) is -1.22. The Kier molecular flexibility index (Phi) is 4.32. The van der Waals surface area contributed by atoms with E-state index in [2.05, 4.69) is 0 Å². The molecule has 1 heterocycles. The molecule has 1 aromatic rings. The third kappa shape index (κ3) is 2.25. The lowest BCUT2D eigenvalue weighted by Crippen LogP contribution is -2.68. The number of aliphatic hydroxyl groups is 1. The zero-order valence-electron chi connectivity index (χ0n) is 15.3. The fourth-order valence-corrected chi connectivity index (χ4v) is 4.79. The number of carbonyl (C=O) groups is 2. The number of ketones is 1. The molecule has 0 aromatic carbocycles. The second-order valence-corrected chi connectivity index (χ2v) is 8.48. The van der Waals surface area contributed by atoms with Crippen molar-refractivity contribution < 1.29 is 23.8 Å². The van der Waals surface area contributed by atoms with Gasteiger partial charge in [0.25, 0.3) is 0 Å². The molecule has 0 aliphatic heterocycles. The third-order valence-corrected chi connectivity index (χ3v) is 6.77.